The highest BCUT2D eigenvalue weighted by Crippen LogP contribution is 2.12. The lowest BCUT2D eigenvalue weighted by Gasteiger charge is -2.15. The van der Waals surface area contributed by atoms with E-state index in [4.69, 9.17) is 0 Å². The molecule has 0 rings (SSSR count). The van der Waals surface area contributed by atoms with Crippen LogP contribution in [-0.2, 0) is 0 Å². The number of nitrogens with one attached hydrogen (secondary N) is 1. The highest BCUT2D eigenvalue weighted by Gasteiger charge is 2.04. The summed E-state index contributed by atoms with van der Waals surface area (Å²) < 4.78 is 0. The molecular formula is C14H29N. The van der Waals surface area contributed by atoms with Crippen LogP contribution in [0.3, 0.4) is 0 Å². The third-order valence-electron chi connectivity index (χ3n) is 2.98. The normalized spacial score (nSPS) is 12.7. The minimum absolute atomic E-state index is 0.698. The van der Waals surface area contributed by atoms with E-state index in [1.165, 1.54) is 56.9 Å². The Morgan fingerprint density at radius 3 is 2.33 bits per heavy atom. The average molecular weight is 211 g/mol. The first-order valence-corrected chi connectivity index (χ1v) is 6.52. The molecule has 0 heterocycles. The minimum atomic E-state index is 0.698. The molecule has 1 nitrogen and oxygen atoms in total. The van der Waals surface area contributed by atoms with Crippen LogP contribution < -0.4 is 5.32 Å². The molecule has 0 aromatic rings. The van der Waals surface area contributed by atoms with Gasteiger partial charge >= 0.3 is 0 Å². The molecule has 0 spiro atoms. The van der Waals surface area contributed by atoms with Crippen LogP contribution in [0.4, 0.5) is 0 Å². The number of rotatable bonds is 10. The summed E-state index contributed by atoms with van der Waals surface area (Å²) >= 11 is 0. The summed E-state index contributed by atoms with van der Waals surface area (Å²) in [5.41, 5.74) is 1.31. The van der Waals surface area contributed by atoms with E-state index in [1.807, 2.05) is 0 Å². The predicted octanol–water partition coefficient (Wildman–Crippen LogP) is 4.29. The summed E-state index contributed by atoms with van der Waals surface area (Å²) in [4.78, 5) is 0. The van der Waals surface area contributed by atoms with Crippen molar-refractivity contribution in [3.05, 3.63) is 12.2 Å². The number of hydrogen-bond donors (Lipinski definition) is 1. The molecule has 1 N–H and O–H groups in total. The quantitative estimate of drug-likeness (QED) is 0.420. The maximum Gasteiger partial charge on any atom is 0.00671 e. The topological polar surface area (TPSA) is 12.0 Å². The Hall–Kier alpha value is -0.300. The van der Waals surface area contributed by atoms with Gasteiger partial charge in [-0.1, -0.05) is 44.6 Å². The van der Waals surface area contributed by atoms with E-state index < -0.39 is 0 Å². The largest absolute Gasteiger partial charge is 0.317 e. The number of unbranched alkanes of at least 4 members (excludes halogenated alkanes) is 4. The van der Waals surface area contributed by atoms with Gasteiger partial charge in [0.1, 0.15) is 0 Å². The van der Waals surface area contributed by atoms with E-state index in [0.717, 1.165) is 0 Å². The van der Waals surface area contributed by atoms with Crippen molar-refractivity contribution in [1.82, 2.24) is 5.32 Å². The van der Waals surface area contributed by atoms with Gasteiger partial charge in [0.25, 0.3) is 0 Å². The molecule has 0 saturated carbocycles. The van der Waals surface area contributed by atoms with Crippen LogP contribution in [0.1, 0.15) is 65.2 Å². The molecule has 0 saturated heterocycles. The SMILES string of the molecule is C=C(C)CCC(CCCCCCC)NC. The van der Waals surface area contributed by atoms with Crippen LogP contribution in [-0.4, -0.2) is 13.1 Å². The molecule has 0 amide bonds. The minimum Gasteiger partial charge on any atom is -0.317 e. The Morgan fingerprint density at radius 2 is 1.80 bits per heavy atom. The average Bonchev–Trinajstić information content (AvgIpc) is 2.22. The van der Waals surface area contributed by atoms with Crippen molar-refractivity contribution < 1.29 is 0 Å². The van der Waals surface area contributed by atoms with Gasteiger partial charge < -0.3 is 5.32 Å². The number of hydrogen-bond acceptors (Lipinski definition) is 1. The Bertz CT molecular complexity index is 151. The van der Waals surface area contributed by atoms with Gasteiger partial charge in [-0.05, 0) is 33.2 Å². The van der Waals surface area contributed by atoms with E-state index in [0.29, 0.717) is 6.04 Å². The van der Waals surface area contributed by atoms with Gasteiger partial charge in [-0.2, -0.15) is 0 Å². The fraction of sp³-hybridized carbons (Fsp3) is 0.857. The second-order valence-electron chi connectivity index (χ2n) is 4.68. The number of allylic oxidation sites excluding steroid dienone is 1. The summed E-state index contributed by atoms with van der Waals surface area (Å²) in [5.74, 6) is 0. The third-order valence-corrected chi connectivity index (χ3v) is 2.98. The summed E-state index contributed by atoms with van der Waals surface area (Å²) in [7, 11) is 2.08. The smallest absolute Gasteiger partial charge is 0.00671 e. The first-order valence-electron chi connectivity index (χ1n) is 6.52. The Kier molecular flexibility index (Phi) is 10.0. The van der Waals surface area contributed by atoms with Crippen molar-refractivity contribution >= 4 is 0 Å². The second kappa shape index (κ2) is 10.2. The maximum atomic E-state index is 3.95. The molecule has 1 atom stereocenters. The summed E-state index contributed by atoms with van der Waals surface area (Å²) in [6.07, 6.45) is 10.7. The lowest BCUT2D eigenvalue weighted by molar-refractivity contribution is 0.459. The van der Waals surface area contributed by atoms with Gasteiger partial charge in [-0.15, -0.1) is 6.58 Å². The molecule has 0 aliphatic heterocycles. The summed E-state index contributed by atoms with van der Waals surface area (Å²) in [5, 5.41) is 3.41. The van der Waals surface area contributed by atoms with E-state index in [2.05, 4.69) is 32.8 Å². The first-order chi connectivity index (χ1) is 7.20. The lowest BCUT2D eigenvalue weighted by atomic mass is 10.0. The van der Waals surface area contributed by atoms with Crippen molar-refractivity contribution in [2.45, 2.75) is 71.3 Å². The van der Waals surface area contributed by atoms with E-state index in [9.17, 15) is 0 Å². The van der Waals surface area contributed by atoms with Crippen molar-refractivity contribution in [1.29, 1.82) is 0 Å². The monoisotopic (exact) mass is 211 g/mol. The van der Waals surface area contributed by atoms with Crippen molar-refractivity contribution in [2.75, 3.05) is 7.05 Å². The van der Waals surface area contributed by atoms with Gasteiger partial charge in [-0.3, -0.25) is 0 Å². The Labute approximate surface area is 96.3 Å². The van der Waals surface area contributed by atoms with E-state index in [1.54, 1.807) is 0 Å². The van der Waals surface area contributed by atoms with E-state index in [-0.39, 0.29) is 0 Å². The molecule has 0 radical (unpaired) electrons. The van der Waals surface area contributed by atoms with Crippen LogP contribution in [0.2, 0.25) is 0 Å². The fourth-order valence-electron chi connectivity index (χ4n) is 1.85. The molecule has 0 aromatic carbocycles. The predicted molar refractivity (Wildman–Crippen MR) is 70.3 cm³/mol. The molecular weight excluding hydrogens is 182 g/mol. The van der Waals surface area contributed by atoms with Crippen LogP contribution >= 0.6 is 0 Å². The first kappa shape index (κ1) is 14.7. The van der Waals surface area contributed by atoms with Gasteiger partial charge in [0.2, 0.25) is 0 Å². The Balaban J connectivity index is 3.40. The molecule has 1 heteroatoms. The standard InChI is InChI=1S/C14H29N/c1-5-6-7-8-9-10-14(15-4)12-11-13(2)3/h14-15H,2,5-12H2,1,3-4H3. The molecule has 90 valence electrons. The summed E-state index contributed by atoms with van der Waals surface area (Å²) in [6, 6.07) is 0.698. The van der Waals surface area contributed by atoms with Gasteiger partial charge in [0, 0.05) is 6.04 Å². The molecule has 15 heavy (non-hydrogen) atoms. The third kappa shape index (κ3) is 9.99. The zero-order chi connectivity index (χ0) is 11.5. The second-order valence-corrected chi connectivity index (χ2v) is 4.68. The van der Waals surface area contributed by atoms with Crippen molar-refractivity contribution in [2.24, 2.45) is 0 Å². The highest BCUT2D eigenvalue weighted by molar-refractivity contribution is 4.89. The zero-order valence-corrected chi connectivity index (χ0v) is 10.9. The van der Waals surface area contributed by atoms with Crippen molar-refractivity contribution in [3.8, 4) is 0 Å². The van der Waals surface area contributed by atoms with E-state index >= 15 is 0 Å². The van der Waals surface area contributed by atoms with Crippen LogP contribution in [0, 0.1) is 0 Å². The molecule has 0 aliphatic carbocycles. The molecule has 0 aliphatic rings. The lowest BCUT2D eigenvalue weighted by Crippen LogP contribution is -2.24. The Morgan fingerprint density at radius 1 is 1.13 bits per heavy atom. The molecule has 0 fully saturated rings. The van der Waals surface area contributed by atoms with Gasteiger partial charge in [0.05, 0.1) is 0 Å². The fourth-order valence-corrected chi connectivity index (χ4v) is 1.85. The van der Waals surface area contributed by atoms with Crippen molar-refractivity contribution in [3.63, 3.8) is 0 Å². The maximum absolute atomic E-state index is 3.95. The summed E-state index contributed by atoms with van der Waals surface area (Å²) in [6.45, 7) is 8.34. The van der Waals surface area contributed by atoms with Gasteiger partial charge in [0.15, 0.2) is 0 Å². The van der Waals surface area contributed by atoms with Crippen LogP contribution in [0.15, 0.2) is 12.2 Å². The molecule has 1 unspecified atom stereocenters. The highest BCUT2D eigenvalue weighted by atomic mass is 14.9. The van der Waals surface area contributed by atoms with Gasteiger partial charge in [-0.25, -0.2) is 0 Å². The molecule has 0 aromatic heterocycles. The molecule has 0 bridgehead atoms. The zero-order valence-electron chi connectivity index (χ0n) is 10.9. The van der Waals surface area contributed by atoms with Crippen LogP contribution in [0.5, 0.6) is 0 Å². The van der Waals surface area contributed by atoms with Crippen LogP contribution in [0.25, 0.3) is 0 Å².